The van der Waals surface area contributed by atoms with E-state index in [1.807, 2.05) is 36.4 Å². The Balaban J connectivity index is 1.84. The van der Waals surface area contributed by atoms with Crippen LogP contribution in [0.3, 0.4) is 0 Å². The van der Waals surface area contributed by atoms with Crippen molar-refractivity contribution in [3.05, 3.63) is 75.0 Å². The molecule has 3 rings (SSSR count). The van der Waals surface area contributed by atoms with Crippen molar-refractivity contribution in [2.24, 2.45) is 0 Å². The number of carboxylic acid groups (broad SMARTS) is 1. The van der Waals surface area contributed by atoms with Crippen molar-refractivity contribution in [2.75, 3.05) is 0 Å². The standard InChI is InChI=1S/C19H16BrFO3/c20-18-16(24-11-12-4-2-1-3-5-12)10-14-7-6-13(9-17(22)23)8-15(14)19(18)21/h1-5,9-10H,6-8,11H2,(H,22,23). The molecule has 5 heteroatoms. The van der Waals surface area contributed by atoms with E-state index in [-0.39, 0.29) is 10.3 Å². The van der Waals surface area contributed by atoms with Crippen molar-refractivity contribution < 1.29 is 19.0 Å². The summed E-state index contributed by atoms with van der Waals surface area (Å²) in [7, 11) is 0. The van der Waals surface area contributed by atoms with Crippen LogP contribution in [0, 0.1) is 5.82 Å². The molecule has 0 bridgehead atoms. The molecule has 24 heavy (non-hydrogen) atoms. The Morgan fingerprint density at radius 3 is 2.75 bits per heavy atom. The smallest absolute Gasteiger partial charge is 0.328 e. The fourth-order valence-corrected chi connectivity index (χ4v) is 3.32. The third-order valence-electron chi connectivity index (χ3n) is 4.05. The molecule has 0 amide bonds. The predicted molar refractivity (Wildman–Crippen MR) is 92.6 cm³/mol. The maximum atomic E-state index is 14.7. The highest BCUT2D eigenvalue weighted by atomic mass is 79.9. The first-order valence-corrected chi connectivity index (χ1v) is 8.42. The molecule has 0 radical (unpaired) electrons. The average molecular weight is 391 g/mol. The van der Waals surface area contributed by atoms with Gasteiger partial charge in [-0.25, -0.2) is 9.18 Å². The van der Waals surface area contributed by atoms with E-state index in [2.05, 4.69) is 15.9 Å². The second-order valence-electron chi connectivity index (χ2n) is 5.73. The lowest BCUT2D eigenvalue weighted by molar-refractivity contribution is -0.131. The summed E-state index contributed by atoms with van der Waals surface area (Å²) in [6.45, 7) is 0.363. The second kappa shape index (κ2) is 7.18. The molecule has 0 aliphatic heterocycles. The summed E-state index contributed by atoms with van der Waals surface area (Å²) in [6, 6.07) is 11.5. The van der Waals surface area contributed by atoms with Gasteiger partial charge in [0.15, 0.2) is 0 Å². The van der Waals surface area contributed by atoms with E-state index in [0.717, 1.165) is 16.7 Å². The minimum atomic E-state index is -0.990. The van der Waals surface area contributed by atoms with Gasteiger partial charge in [-0.05, 0) is 57.9 Å². The molecule has 3 nitrogen and oxygen atoms in total. The minimum absolute atomic E-state index is 0.286. The Morgan fingerprint density at radius 2 is 2.04 bits per heavy atom. The highest BCUT2D eigenvalue weighted by molar-refractivity contribution is 9.10. The molecule has 1 aliphatic rings. The summed E-state index contributed by atoms with van der Waals surface area (Å²) >= 11 is 3.27. The maximum Gasteiger partial charge on any atom is 0.328 e. The first kappa shape index (κ1) is 16.7. The van der Waals surface area contributed by atoms with Gasteiger partial charge in [0.2, 0.25) is 0 Å². The number of carbonyl (C=O) groups is 1. The van der Waals surface area contributed by atoms with Crippen molar-refractivity contribution in [1.29, 1.82) is 0 Å². The third kappa shape index (κ3) is 3.67. The number of allylic oxidation sites excluding steroid dienone is 1. The zero-order valence-electron chi connectivity index (χ0n) is 12.9. The van der Waals surface area contributed by atoms with Gasteiger partial charge in [0, 0.05) is 6.08 Å². The third-order valence-corrected chi connectivity index (χ3v) is 4.79. The number of aliphatic carboxylic acids is 1. The van der Waals surface area contributed by atoms with E-state index in [1.165, 1.54) is 6.08 Å². The number of fused-ring (bicyclic) bond motifs is 1. The number of aryl methyl sites for hydroxylation is 1. The largest absolute Gasteiger partial charge is 0.488 e. The molecule has 2 aromatic carbocycles. The number of hydrogen-bond acceptors (Lipinski definition) is 2. The van der Waals surface area contributed by atoms with Crippen LogP contribution in [0.2, 0.25) is 0 Å². The van der Waals surface area contributed by atoms with E-state index in [1.54, 1.807) is 0 Å². The van der Waals surface area contributed by atoms with E-state index in [0.29, 0.717) is 37.2 Å². The molecule has 0 heterocycles. The monoisotopic (exact) mass is 390 g/mol. The number of hydrogen-bond donors (Lipinski definition) is 1. The van der Waals surface area contributed by atoms with Crippen molar-refractivity contribution >= 4 is 21.9 Å². The number of rotatable bonds is 4. The number of halogens is 2. The van der Waals surface area contributed by atoms with Gasteiger partial charge in [-0.1, -0.05) is 35.9 Å². The first-order chi connectivity index (χ1) is 11.5. The van der Waals surface area contributed by atoms with Crippen LogP contribution in [-0.4, -0.2) is 11.1 Å². The van der Waals surface area contributed by atoms with Crippen LogP contribution in [0.25, 0.3) is 0 Å². The molecule has 124 valence electrons. The lowest BCUT2D eigenvalue weighted by atomic mass is 9.87. The number of carboxylic acids is 1. The first-order valence-electron chi connectivity index (χ1n) is 7.63. The van der Waals surface area contributed by atoms with Gasteiger partial charge < -0.3 is 9.84 Å². The molecular formula is C19H16BrFO3. The molecule has 1 aliphatic carbocycles. The molecular weight excluding hydrogens is 375 g/mol. The Labute approximate surface area is 147 Å². The quantitative estimate of drug-likeness (QED) is 0.771. The highest BCUT2D eigenvalue weighted by Gasteiger charge is 2.22. The second-order valence-corrected chi connectivity index (χ2v) is 6.53. The normalized spacial score (nSPS) is 15.2. The Kier molecular flexibility index (Phi) is 5.00. The van der Waals surface area contributed by atoms with E-state index in [4.69, 9.17) is 9.84 Å². The van der Waals surface area contributed by atoms with Crippen LogP contribution >= 0.6 is 15.9 Å². The molecule has 0 atom stereocenters. The molecule has 0 aromatic heterocycles. The van der Waals surface area contributed by atoms with Crippen LogP contribution in [0.15, 0.2) is 52.5 Å². The van der Waals surface area contributed by atoms with Gasteiger partial charge in [-0.2, -0.15) is 0 Å². The van der Waals surface area contributed by atoms with Crippen LogP contribution < -0.4 is 4.74 Å². The van der Waals surface area contributed by atoms with E-state index < -0.39 is 5.97 Å². The fraction of sp³-hybridized carbons (Fsp3) is 0.211. The van der Waals surface area contributed by atoms with Gasteiger partial charge in [-0.15, -0.1) is 0 Å². The van der Waals surface area contributed by atoms with Gasteiger partial charge in [0.25, 0.3) is 0 Å². The van der Waals surface area contributed by atoms with Crippen molar-refractivity contribution in [1.82, 2.24) is 0 Å². The lowest BCUT2D eigenvalue weighted by Crippen LogP contribution is -2.11. The molecule has 2 aromatic rings. The van der Waals surface area contributed by atoms with Crippen LogP contribution in [0.4, 0.5) is 4.39 Å². The lowest BCUT2D eigenvalue weighted by Gasteiger charge is -2.21. The van der Waals surface area contributed by atoms with Crippen molar-refractivity contribution in [3.8, 4) is 5.75 Å². The summed E-state index contributed by atoms with van der Waals surface area (Å²) in [5.74, 6) is -0.886. The van der Waals surface area contributed by atoms with Gasteiger partial charge in [-0.3, -0.25) is 0 Å². The number of benzene rings is 2. The van der Waals surface area contributed by atoms with Crippen molar-refractivity contribution in [3.63, 3.8) is 0 Å². The Bertz CT molecular complexity index is 800. The Hall–Kier alpha value is -2.14. The summed E-state index contributed by atoms with van der Waals surface area (Å²) in [4.78, 5) is 10.8. The van der Waals surface area contributed by atoms with Crippen LogP contribution in [0.1, 0.15) is 23.1 Å². The molecule has 0 unspecified atom stereocenters. The van der Waals surface area contributed by atoms with Crippen molar-refractivity contribution in [2.45, 2.75) is 25.9 Å². The molecule has 0 saturated heterocycles. The Morgan fingerprint density at radius 1 is 1.29 bits per heavy atom. The van der Waals surface area contributed by atoms with E-state index in [9.17, 15) is 9.18 Å². The molecule has 0 saturated carbocycles. The topological polar surface area (TPSA) is 46.5 Å². The minimum Gasteiger partial charge on any atom is -0.488 e. The summed E-state index contributed by atoms with van der Waals surface area (Å²) in [6.07, 6.45) is 2.74. The zero-order chi connectivity index (χ0) is 17.1. The fourth-order valence-electron chi connectivity index (χ4n) is 2.85. The van der Waals surface area contributed by atoms with E-state index >= 15 is 0 Å². The maximum absolute atomic E-state index is 14.7. The summed E-state index contributed by atoms with van der Waals surface area (Å²) in [5.41, 5.74) is 3.17. The predicted octanol–water partition coefficient (Wildman–Crippen LogP) is 4.67. The zero-order valence-corrected chi connectivity index (χ0v) is 14.5. The van der Waals surface area contributed by atoms with Crippen LogP contribution in [0.5, 0.6) is 5.75 Å². The average Bonchev–Trinajstić information content (AvgIpc) is 2.58. The van der Waals surface area contributed by atoms with Crippen LogP contribution in [-0.2, 0) is 24.2 Å². The SMILES string of the molecule is O=C(O)C=C1CCc2cc(OCc3ccccc3)c(Br)c(F)c2C1. The van der Waals surface area contributed by atoms with Gasteiger partial charge in [0.05, 0.1) is 4.47 Å². The molecule has 0 fully saturated rings. The highest BCUT2D eigenvalue weighted by Crippen LogP contribution is 2.37. The molecule has 1 N–H and O–H groups in total. The molecule has 0 spiro atoms. The summed E-state index contributed by atoms with van der Waals surface area (Å²) < 4.78 is 20.7. The van der Waals surface area contributed by atoms with Gasteiger partial charge >= 0.3 is 5.97 Å². The van der Waals surface area contributed by atoms with Gasteiger partial charge in [0.1, 0.15) is 18.2 Å². The summed E-state index contributed by atoms with van der Waals surface area (Å²) in [5, 5.41) is 8.86. The number of ether oxygens (including phenoxy) is 1.